The molecule has 32 heavy (non-hydrogen) atoms. The summed E-state index contributed by atoms with van der Waals surface area (Å²) >= 11 is 0. The fraction of sp³-hybridized carbons (Fsp3) is 0.333. The third kappa shape index (κ3) is 5.46. The van der Waals surface area contributed by atoms with Crippen LogP contribution >= 0.6 is 0 Å². The Bertz CT molecular complexity index is 1110. The first kappa shape index (κ1) is 23.7. The van der Waals surface area contributed by atoms with E-state index in [1.54, 1.807) is 0 Å². The lowest BCUT2D eigenvalue weighted by Crippen LogP contribution is -2.49. The average Bonchev–Trinajstić information content (AvgIpc) is 3.23. The van der Waals surface area contributed by atoms with Gasteiger partial charge in [0, 0.05) is 29.8 Å². The Kier molecular flexibility index (Phi) is 7.19. The van der Waals surface area contributed by atoms with Gasteiger partial charge >= 0.3 is 0 Å². The SMILES string of the molecule is C[C@@](C[SH](=O)=O)(NC(=N)[C@@H]1CCOC1)c1cc(NC(=O)c2ccc(F)cc2F)ccc1F. The topological polar surface area (TPSA) is 108 Å². The van der Waals surface area contributed by atoms with E-state index in [4.69, 9.17) is 10.1 Å². The zero-order valence-corrected chi connectivity index (χ0v) is 18.0. The van der Waals surface area contributed by atoms with Crippen molar-refractivity contribution < 1.29 is 31.1 Å². The zero-order chi connectivity index (χ0) is 23.5. The molecule has 0 unspecified atom stereocenters. The zero-order valence-electron chi connectivity index (χ0n) is 17.1. The molecule has 0 bridgehead atoms. The first-order valence-corrected chi connectivity index (χ1v) is 11.1. The van der Waals surface area contributed by atoms with Gasteiger partial charge in [0.1, 0.15) is 28.2 Å². The maximum atomic E-state index is 14.8. The maximum absolute atomic E-state index is 14.8. The highest BCUT2D eigenvalue weighted by Gasteiger charge is 2.34. The molecule has 3 N–H and O–H groups in total. The summed E-state index contributed by atoms with van der Waals surface area (Å²) in [6, 6.07) is 5.95. The molecule has 0 radical (unpaired) electrons. The number of hydrogen-bond acceptors (Lipinski definition) is 5. The number of anilines is 1. The van der Waals surface area contributed by atoms with Gasteiger partial charge in [0.15, 0.2) is 0 Å². The third-order valence-corrected chi connectivity index (χ3v) is 6.08. The van der Waals surface area contributed by atoms with Crippen molar-refractivity contribution in [3.05, 3.63) is 65.0 Å². The number of halogens is 3. The van der Waals surface area contributed by atoms with Crippen molar-refractivity contribution in [1.29, 1.82) is 5.41 Å². The first-order chi connectivity index (χ1) is 15.1. The number of nitrogens with one attached hydrogen (secondary N) is 3. The molecule has 1 heterocycles. The first-order valence-electron chi connectivity index (χ1n) is 9.71. The average molecular weight is 469 g/mol. The summed E-state index contributed by atoms with van der Waals surface area (Å²) in [5.74, 6) is -4.31. The summed E-state index contributed by atoms with van der Waals surface area (Å²) in [6.07, 6.45) is 0.577. The molecule has 2 atom stereocenters. The maximum Gasteiger partial charge on any atom is 0.258 e. The van der Waals surface area contributed by atoms with Gasteiger partial charge in [0.25, 0.3) is 5.91 Å². The second-order valence-corrected chi connectivity index (χ2v) is 8.68. The van der Waals surface area contributed by atoms with E-state index in [-0.39, 0.29) is 23.0 Å². The molecule has 0 spiro atoms. The van der Waals surface area contributed by atoms with Crippen molar-refractivity contribution in [2.45, 2.75) is 18.9 Å². The molecule has 1 saturated heterocycles. The third-order valence-electron chi connectivity index (χ3n) is 5.19. The molecule has 2 aromatic rings. The van der Waals surface area contributed by atoms with E-state index in [9.17, 15) is 26.4 Å². The second kappa shape index (κ2) is 9.70. The molecular formula is C21H22F3N3O4S. The summed E-state index contributed by atoms with van der Waals surface area (Å²) in [5.41, 5.74) is -1.96. The molecule has 0 aromatic heterocycles. The minimum absolute atomic E-state index is 0.0177. The summed E-state index contributed by atoms with van der Waals surface area (Å²) in [7, 11) is -2.97. The van der Waals surface area contributed by atoms with Crippen LogP contribution in [0.25, 0.3) is 0 Å². The van der Waals surface area contributed by atoms with Crippen LogP contribution in [0, 0.1) is 28.8 Å². The van der Waals surface area contributed by atoms with Crippen LogP contribution in [-0.4, -0.2) is 39.1 Å². The number of benzene rings is 2. The number of carbonyl (C=O) groups excluding carboxylic acids is 1. The highest BCUT2D eigenvalue weighted by molar-refractivity contribution is 7.72. The predicted molar refractivity (Wildman–Crippen MR) is 113 cm³/mol. The van der Waals surface area contributed by atoms with Crippen molar-refractivity contribution in [2.75, 3.05) is 24.3 Å². The molecule has 1 fully saturated rings. The monoisotopic (exact) mass is 469 g/mol. The van der Waals surface area contributed by atoms with Gasteiger partial charge in [0.05, 0.1) is 29.3 Å². The van der Waals surface area contributed by atoms with E-state index in [2.05, 4.69) is 10.6 Å². The van der Waals surface area contributed by atoms with Gasteiger partial charge < -0.3 is 15.4 Å². The van der Waals surface area contributed by atoms with Gasteiger partial charge in [-0.15, -0.1) is 0 Å². The van der Waals surface area contributed by atoms with Gasteiger partial charge in [-0.1, -0.05) is 0 Å². The van der Waals surface area contributed by atoms with Crippen LogP contribution in [0.1, 0.15) is 29.3 Å². The molecule has 11 heteroatoms. The minimum Gasteiger partial charge on any atom is -0.381 e. The van der Waals surface area contributed by atoms with Crippen LogP contribution in [0.15, 0.2) is 36.4 Å². The Morgan fingerprint density at radius 2 is 1.94 bits per heavy atom. The van der Waals surface area contributed by atoms with Crippen molar-refractivity contribution in [3.63, 3.8) is 0 Å². The molecule has 1 aliphatic heterocycles. The van der Waals surface area contributed by atoms with Crippen molar-refractivity contribution in [2.24, 2.45) is 5.92 Å². The Labute approximate surface area is 184 Å². The van der Waals surface area contributed by atoms with E-state index in [1.807, 2.05) is 0 Å². The minimum atomic E-state index is -2.97. The Morgan fingerprint density at radius 3 is 2.56 bits per heavy atom. The number of amidine groups is 1. The number of hydrogen-bond donors (Lipinski definition) is 4. The van der Waals surface area contributed by atoms with Crippen LogP contribution in [0.4, 0.5) is 18.9 Å². The quantitative estimate of drug-likeness (QED) is 0.283. The van der Waals surface area contributed by atoms with Gasteiger partial charge in [0.2, 0.25) is 0 Å². The number of rotatable bonds is 7. The van der Waals surface area contributed by atoms with Crippen molar-refractivity contribution in [3.8, 4) is 0 Å². The lowest BCUT2D eigenvalue weighted by Gasteiger charge is -2.32. The summed E-state index contributed by atoms with van der Waals surface area (Å²) < 4.78 is 70.1. The number of thiol groups is 1. The smallest absolute Gasteiger partial charge is 0.258 e. The van der Waals surface area contributed by atoms with Crippen LogP contribution in [-0.2, 0) is 21.0 Å². The normalized spacial score (nSPS) is 17.7. The van der Waals surface area contributed by atoms with E-state index in [1.165, 1.54) is 19.1 Å². The van der Waals surface area contributed by atoms with Crippen LogP contribution in [0.3, 0.4) is 0 Å². The summed E-state index contributed by atoms with van der Waals surface area (Å²) in [5, 5.41) is 13.5. The standard InChI is InChI=1S/C21H22F3N3O4S/c1-21(11-32(29)30,27-19(25)12-6-7-31-10-12)16-9-14(3-5-17(16)23)26-20(28)15-4-2-13(22)8-18(15)24/h2-5,8-9,12,32H,6-7,10-11H2,1H3,(H2,25,27)(H,26,28)/t12-,21+/m1/s1. The van der Waals surface area contributed by atoms with Gasteiger partial charge in [-0.05, 0) is 43.7 Å². The summed E-state index contributed by atoms with van der Waals surface area (Å²) in [4.78, 5) is 12.4. The number of ether oxygens (including phenoxy) is 1. The lowest BCUT2D eigenvalue weighted by molar-refractivity contribution is 0.102. The molecule has 2 aromatic carbocycles. The van der Waals surface area contributed by atoms with Gasteiger partial charge in [-0.2, -0.15) is 0 Å². The van der Waals surface area contributed by atoms with E-state index < -0.39 is 50.9 Å². The fourth-order valence-electron chi connectivity index (χ4n) is 3.51. The second-order valence-electron chi connectivity index (χ2n) is 7.70. The van der Waals surface area contributed by atoms with Gasteiger partial charge in [-0.25, -0.2) is 21.6 Å². The van der Waals surface area contributed by atoms with E-state index in [0.29, 0.717) is 25.7 Å². The van der Waals surface area contributed by atoms with Gasteiger partial charge in [-0.3, -0.25) is 10.2 Å². The molecule has 0 saturated carbocycles. The Morgan fingerprint density at radius 1 is 1.19 bits per heavy atom. The molecule has 3 rings (SSSR count). The fourth-order valence-corrected chi connectivity index (χ4v) is 4.28. The molecule has 1 aliphatic rings. The molecule has 1 amide bonds. The highest BCUT2D eigenvalue weighted by atomic mass is 32.2. The molecule has 172 valence electrons. The Hall–Kier alpha value is -2.92. The molecular weight excluding hydrogens is 447 g/mol. The number of amides is 1. The molecule has 7 nitrogen and oxygen atoms in total. The molecule has 0 aliphatic carbocycles. The Balaban J connectivity index is 1.90. The predicted octanol–water partition coefficient (Wildman–Crippen LogP) is 2.79. The summed E-state index contributed by atoms with van der Waals surface area (Å²) in [6.45, 7) is 2.20. The van der Waals surface area contributed by atoms with Crippen LogP contribution in [0.2, 0.25) is 0 Å². The van der Waals surface area contributed by atoms with E-state index in [0.717, 1.165) is 18.2 Å². The van der Waals surface area contributed by atoms with Crippen LogP contribution < -0.4 is 10.6 Å². The van der Waals surface area contributed by atoms with E-state index >= 15 is 0 Å². The largest absolute Gasteiger partial charge is 0.381 e. The lowest BCUT2D eigenvalue weighted by atomic mass is 9.91. The van der Waals surface area contributed by atoms with Crippen molar-refractivity contribution >= 4 is 28.1 Å². The van der Waals surface area contributed by atoms with Crippen LogP contribution in [0.5, 0.6) is 0 Å². The highest BCUT2D eigenvalue weighted by Crippen LogP contribution is 2.29. The van der Waals surface area contributed by atoms with Crippen molar-refractivity contribution in [1.82, 2.24) is 5.32 Å². The number of carbonyl (C=O) groups is 1.